The highest BCUT2D eigenvalue weighted by Gasteiger charge is 2.23. The van der Waals surface area contributed by atoms with Crippen LogP contribution in [0.2, 0.25) is 0 Å². The zero-order valence-corrected chi connectivity index (χ0v) is 9.09. The molecule has 1 unspecified atom stereocenters. The molecule has 2 heteroatoms. The molecular weight excluding hydrogens is 198 g/mol. The van der Waals surface area contributed by atoms with Crippen LogP contribution in [0.5, 0.6) is 0 Å². The Morgan fingerprint density at radius 1 is 1.25 bits per heavy atom. The first kappa shape index (κ1) is 9.43. The Labute approximate surface area is 94.8 Å². The number of allylic oxidation sites excluding steroid dienone is 2. The predicted molar refractivity (Wildman–Crippen MR) is 65.1 cm³/mol. The topological polar surface area (TPSA) is 23.5 Å². The zero-order valence-electron chi connectivity index (χ0n) is 9.09. The quantitative estimate of drug-likeness (QED) is 0.713. The first-order valence-corrected chi connectivity index (χ1v) is 5.40. The largest absolute Gasteiger partial charge is 0.370 e. The Balaban J connectivity index is 2.20. The number of fused-ring (bicyclic) bond motifs is 3. The van der Waals surface area contributed by atoms with Gasteiger partial charge in [0.25, 0.3) is 0 Å². The van der Waals surface area contributed by atoms with Gasteiger partial charge in [0.05, 0.1) is 5.70 Å². The van der Waals surface area contributed by atoms with E-state index in [2.05, 4.69) is 18.2 Å². The number of rotatable bonds is 0. The van der Waals surface area contributed by atoms with Gasteiger partial charge in [-0.1, -0.05) is 24.3 Å². The van der Waals surface area contributed by atoms with E-state index >= 15 is 0 Å². The highest BCUT2D eigenvalue weighted by Crippen LogP contribution is 2.33. The maximum Gasteiger partial charge on any atom is 0.150 e. The van der Waals surface area contributed by atoms with E-state index in [-0.39, 0.29) is 0 Å². The Hall–Kier alpha value is -1.80. The van der Waals surface area contributed by atoms with Gasteiger partial charge < -0.3 is 10.0 Å². The second-order valence-corrected chi connectivity index (χ2v) is 4.16. The molecule has 3 rings (SSSR count). The molecule has 0 saturated carbocycles. The second-order valence-electron chi connectivity index (χ2n) is 4.16. The summed E-state index contributed by atoms with van der Waals surface area (Å²) >= 11 is 0. The number of nitrogens with zero attached hydrogens (tertiary/aromatic N) is 1. The molecule has 1 N–H and O–H groups in total. The van der Waals surface area contributed by atoms with Crippen LogP contribution in [-0.4, -0.2) is 16.2 Å². The lowest BCUT2D eigenvalue weighted by molar-refractivity contribution is 0.119. The van der Waals surface area contributed by atoms with Crippen LogP contribution in [0.25, 0.3) is 11.8 Å². The van der Waals surface area contributed by atoms with E-state index in [9.17, 15) is 5.11 Å². The third kappa shape index (κ3) is 1.31. The third-order valence-electron chi connectivity index (χ3n) is 2.99. The van der Waals surface area contributed by atoms with Gasteiger partial charge in [-0.2, -0.15) is 0 Å². The molecule has 0 radical (unpaired) electrons. The molecule has 0 aromatic heterocycles. The maximum atomic E-state index is 9.96. The highest BCUT2D eigenvalue weighted by molar-refractivity contribution is 5.79. The van der Waals surface area contributed by atoms with Gasteiger partial charge in [0, 0.05) is 11.8 Å². The molecule has 1 aromatic carbocycles. The molecule has 0 spiro atoms. The fraction of sp³-hybridized carbons (Fsp3) is 0.143. The minimum atomic E-state index is -0.551. The van der Waals surface area contributed by atoms with E-state index in [1.807, 2.05) is 42.3 Å². The second kappa shape index (κ2) is 3.35. The summed E-state index contributed by atoms with van der Waals surface area (Å²) in [6.07, 6.45) is 7.37. The van der Waals surface area contributed by atoms with Gasteiger partial charge in [-0.25, -0.2) is 0 Å². The molecule has 0 amide bonds. The Morgan fingerprint density at radius 3 is 2.94 bits per heavy atom. The van der Waals surface area contributed by atoms with Gasteiger partial charge in [-0.05, 0) is 36.3 Å². The summed E-state index contributed by atoms with van der Waals surface area (Å²) in [4.78, 5) is 1.88. The van der Waals surface area contributed by atoms with Crippen molar-refractivity contribution in [3.63, 3.8) is 0 Å². The van der Waals surface area contributed by atoms with Gasteiger partial charge in [-0.15, -0.1) is 0 Å². The van der Waals surface area contributed by atoms with Crippen molar-refractivity contribution >= 4 is 11.8 Å². The average molecular weight is 211 g/mol. The summed E-state index contributed by atoms with van der Waals surface area (Å²) in [7, 11) is 0. The van der Waals surface area contributed by atoms with Gasteiger partial charge in [-0.3, -0.25) is 0 Å². The van der Waals surface area contributed by atoms with Gasteiger partial charge in [0.1, 0.15) is 0 Å². The number of benzene rings is 1. The molecule has 0 aliphatic carbocycles. The summed E-state index contributed by atoms with van der Waals surface area (Å²) in [5, 5.41) is 9.96. The van der Waals surface area contributed by atoms with Crippen LogP contribution in [0.15, 0.2) is 48.2 Å². The molecule has 2 nitrogen and oxygen atoms in total. The van der Waals surface area contributed by atoms with Crippen molar-refractivity contribution in [3.05, 3.63) is 59.3 Å². The van der Waals surface area contributed by atoms with Crippen LogP contribution in [0.3, 0.4) is 0 Å². The van der Waals surface area contributed by atoms with Crippen molar-refractivity contribution in [1.82, 2.24) is 4.90 Å². The zero-order chi connectivity index (χ0) is 11.1. The monoisotopic (exact) mass is 211 g/mol. The van der Waals surface area contributed by atoms with Gasteiger partial charge in [0.15, 0.2) is 6.23 Å². The van der Waals surface area contributed by atoms with Crippen molar-refractivity contribution in [2.24, 2.45) is 0 Å². The molecule has 0 saturated heterocycles. The molecule has 1 aromatic rings. The van der Waals surface area contributed by atoms with Crippen LogP contribution in [-0.2, 0) is 0 Å². The van der Waals surface area contributed by atoms with Crippen LogP contribution >= 0.6 is 0 Å². The normalized spacial score (nSPS) is 22.1. The summed E-state index contributed by atoms with van der Waals surface area (Å²) in [6.45, 7) is 2.01. The van der Waals surface area contributed by atoms with Gasteiger partial charge in [0.2, 0.25) is 0 Å². The van der Waals surface area contributed by atoms with E-state index in [0.717, 1.165) is 11.3 Å². The lowest BCUT2D eigenvalue weighted by Crippen LogP contribution is -2.31. The molecule has 2 aliphatic rings. The molecule has 0 bridgehead atoms. The molecule has 1 atom stereocenters. The summed E-state index contributed by atoms with van der Waals surface area (Å²) < 4.78 is 0. The standard InChI is InChI=1S/C14H13NO/c1-10-8-13-12-5-3-2-4-11(12)6-7-15(13)14(16)9-10/h2-9,14,16H,1H3. The molecule has 80 valence electrons. The van der Waals surface area contributed by atoms with E-state index in [1.54, 1.807) is 0 Å². The van der Waals surface area contributed by atoms with E-state index in [0.29, 0.717) is 0 Å². The molecule has 0 fully saturated rings. The Kier molecular flexibility index (Phi) is 1.98. The predicted octanol–water partition coefficient (Wildman–Crippen LogP) is 2.59. The first-order valence-electron chi connectivity index (χ1n) is 5.40. The number of hydrogen-bond donors (Lipinski definition) is 1. The Morgan fingerprint density at radius 2 is 2.06 bits per heavy atom. The van der Waals surface area contributed by atoms with Crippen molar-refractivity contribution in [2.45, 2.75) is 13.2 Å². The van der Waals surface area contributed by atoms with Crippen LogP contribution < -0.4 is 0 Å². The smallest absolute Gasteiger partial charge is 0.150 e. The summed E-state index contributed by atoms with van der Waals surface area (Å²) in [5.41, 5.74) is 4.55. The number of aliphatic hydroxyl groups excluding tert-OH is 1. The maximum absolute atomic E-state index is 9.96. The molecule has 2 heterocycles. The van der Waals surface area contributed by atoms with E-state index in [1.165, 1.54) is 11.1 Å². The van der Waals surface area contributed by atoms with Crippen molar-refractivity contribution < 1.29 is 5.11 Å². The fourth-order valence-corrected chi connectivity index (χ4v) is 2.22. The van der Waals surface area contributed by atoms with Crippen LogP contribution in [0, 0.1) is 0 Å². The van der Waals surface area contributed by atoms with Crippen molar-refractivity contribution in [1.29, 1.82) is 0 Å². The lowest BCUT2D eigenvalue weighted by Gasteiger charge is -2.34. The number of aliphatic hydroxyl groups is 1. The highest BCUT2D eigenvalue weighted by atomic mass is 16.3. The number of hydrogen-bond acceptors (Lipinski definition) is 2. The lowest BCUT2D eigenvalue weighted by atomic mass is 9.96. The minimum Gasteiger partial charge on any atom is -0.370 e. The fourth-order valence-electron chi connectivity index (χ4n) is 2.22. The van der Waals surface area contributed by atoms with E-state index in [4.69, 9.17) is 0 Å². The van der Waals surface area contributed by atoms with Gasteiger partial charge >= 0.3 is 0 Å². The van der Waals surface area contributed by atoms with Crippen molar-refractivity contribution in [3.8, 4) is 0 Å². The van der Waals surface area contributed by atoms with Crippen LogP contribution in [0.4, 0.5) is 0 Å². The molecular formula is C14H13NO. The van der Waals surface area contributed by atoms with Crippen LogP contribution in [0.1, 0.15) is 18.1 Å². The first-order chi connectivity index (χ1) is 7.75. The average Bonchev–Trinajstić information content (AvgIpc) is 2.28. The summed E-state index contributed by atoms with van der Waals surface area (Å²) in [6, 6.07) is 8.23. The SMILES string of the molecule is CC1=CC(O)N2C=Cc3ccccc3C2=C1. The van der Waals surface area contributed by atoms with E-state index < -0.39 is 6.23 Å². The Bertz CT molecular complexity index is 525. The summed E-state index contributed by atoms with van der Waals surface area (Å²) in [5.74, 6) is 0. The third-order valence-corrected chi connectivity index (χ3v) is 2.99. The van der Waals surface area contributed by atoms with Crippen molar-refractivity contribution in [2.75, 3.05) is 0 Å². The minimum absolute atomic E-state index is 0.551. The molecule has 2 aliphatic heterocycles. The molecule has 16 heavy (non-hydrogen) atoms.